The van der Waals surface area contributed by atoms with Crippen LogP contribution in [-0.4, -0.2) is 34.6 Å². The van der Waals surface area contributed by atoms with Crippen molar-refractivity contribution in [3.8, 4) is 5.75 Å². The molecule has 8 heteroatoms. The minimum Gasteiger partial charge on any atom is -0.488 e. The van der Waals surface area contributed by atoms with Gasteiger partial charge in [0, 0.05) is 31.8 Å². The molecule has 3 rings (SSSR count). The molecular weight excluding hydrogens is 373 g/mol. The average molecular weight is 394 g/mol. The largest absolute Gasteiger partial charge is 0.488 e. The molecule has 2 heterocycles. The number of carbonyl (C=O) groups is 1. The Kier molecular flexibility index (Phi) is 5.49. The summed E-state index contributed by atoms with van der Waals surface area (Å²) in [6.07, 6.45) is -3.94. The predicted octanol–water partition coefficient (Wildman–Crippen LogP) is 2.93. The van der Waals surface area contributed by atoms with E-state index in [9.17, 15) is 22.8 Å². The molecule has 1 amide bonds. The number of amides is 1. The lowest BCUT2D eigenvalue weighted by molar-refractivity contribution is -0.137. The Hall–Kier alpha value is -2.77. The number of nitrogens with zero attached hydrogens (tertiary/aromatic N) is 2. The van der Waals surface area contributed by atoms with Gasteiger partial charge in [0.05, 0.1) is 18.5 Å². The molecule has 5 nitrogen and oxygen atoms in total. The first-order chi connectivity index (χ1) is 13.1. The molecule has 1 unspecified atom stereocenters. The quantitative estimate of drug-likeness (QED) is 0.801. The number of hydrogen-bond acceptors (Lipinski definition) is 3. The average Bonchev–Trinajstić information content (AvgIpc) is 3.08. The third-order valence-electron chi connectivity index (χ3n) is 4.91. The first kappa shape index (κ1) is 20.0. The zero-order chi connectivity index (χ0) is 20.5. The van der Waals surface area contributed by atoms with Crippen molar-refractivity contribution in [2.45, 2.75) is 32.0 Å². The third kappa shape index (κ3) is 4.55. The van der Waals surface area contributed by atoms with Crippen LogP contribution in [0.5, 0.6) is 5.75 Å². The van der Waals surface area contributed by atoms with Crippen LogP contribution >= 0.6 is 0 Å². The molecule has 0 aliphatic carbocycles. The maximum absolute atomic E-state index is 12.6. The zero-order valence-electron chi connectivity index (χ0n) is 15.6. The van der Waals surface area contributed by atoms with Crippen LogP contribution in [0.2, 0.25) is 0 Å². The van der Waals surface area contributed by atoms with Gasteiger partial charge in [-0.2, -0.15) is 13.2 Å². The van der Waals surface area contributed by atoms with Crippen molar-refractivity contribution in [2.75, 3.05) is 13.1 Å². The summed E-state index contributed by atoms with van der Waals surface area (Å²) < 4.78 is 45.2. The Labute approximate surface area is 160 Å². The van der Waals surface area contributed by atoms with Crippen molar-refractivity contribution in [3.63, 3.8) is 0 Å². The molecule has 1 atom stereocenters. The summed E-state index contributed by atoms with van der Waals surface area (Å²) in [6, 6.07) is 7.81. The molecule has 1 aromatic carbocycles. The number of alkyl halides is 3. The first-order valence-corrected chi connectivity index (χ1v) is 8.92. The van der Waals surface area contributed by atoms with Crippen LogP contribution in [0.3, 0.4) is 0 Å². The van der Waals surface area contributed by atoms with Gasteiger partial charge in [-0.3, -0.25) is 9.59 Å². The van der Waals surface area contributed by atoms with Crippen LogP contribution in [0.15, 0.2) is 41.2 Å². The predicted molar refractivity (Wildman–Crippen MR) is 97.2 cm³/mol. The number of hydrogen-bond donors (Lipinski definition) is 0. The number of aromatic nitrogens is 1. The van der Waals surface area contributed by atoms with E-state index in [1.165, 1.54) is 22.8 Å². The van der Waals surface area contributed by atoms with Crippen LogP contribution in [0.25, 0.3) is 0 Å². The maximum Gasteiger partial charge on any atom is 0.416 e. The molecule has 1 aliphatic rings. The van der Waals surface area contributed by atoms with E-state index < -0.39 is 11.7 Å². The number of rotatable bonds is 4. The van der Waals surface area contributed by atoms with Crippen LogP contribution in [0.1, 0.15) is 23.2 Å². The SMILES string of the molecule is Cc1cc(OC2CCN(C(=O)Cc3ccc(C(F)(F)F)cc3)C2)cc(=O)n1C. The molecule has 28 heavy (non-hydrogen) atoms. The first-order valence-electron chi connectivity index (χ1n) is 8.92. The molecule has 0 spiro atoms. The molecular formula is C20H21F3N2O3. The van der Waals surface area contributed by atoms with Crippen molar-refractivity contribution >= 4 is 5.91 Å². The molecule has 1 fully saturated rings. The van der Waals surface area contributed by atoms with E-state index in [4.69, 9.17) is 4.74 Å². The van der Waals surface area contributed by atoms with E-state index in [1.54, 1.807) is 18.0 Å². The third-order valence-corrected chi connectivity index (χ3v) is 4.91. The molecule has 2 aromatic rings. The second-order valence-electron chi connectivity index (χ2n) is 6.97. The molecule has 1 saturated heterocycles. The van der Waals surface area contributed by atoms with Crippen LogP contribution < -0.4 is 10.3 Å². The van der Waals surface area contributed by atoms with E-state index in [0.717, 1.165) is 17.8 Å². The van der Waals surface area contributed by atoms with Gasteiger partial charge in [0.25, 0.3) is 5.56 Å². The number of aryl methyl sites for hydroxylation is 1. The van der Waals surface area contributed by atoms with Gasteiger partial charge in [-0.15, -0.1) is 0 Å². The number of ether oxygens (including phenoxy) is 1. The summed E-state index contributed by atoms with van der Waals surface area (Å²) in [4.78, 5) is 25.9. The highest BCUT2D eigenvalue weighted by molar-refractivity contribution is 5.79. The second kappa shape index (κ2) is 7.69. The minimum absolute atomic E-state index is 0.0375. The molecule has 150 valence electrons. The van der Waals surface area contributed by atoms with Crippen molar-refractivity contribution in [1.29, 1.82) is 0 Å². The summed E-state index contributed by atoms with van der Waals surface area (Å²) in [5, 5.41) is 0. The van der Waals surface area contributed by atoms with Crippen LogP contribution in [0.4, 0.5) is 13.2 Å². The highest BCUT2D eigenvalue weighted by Gasteiger charge is 2.31. The maximum atomic E-state index is 12.6. The Morgan fingerprint density at radius 2 is 1.89 bits per heavy atom. The second-order valence-corrected chi connectivity index (χ2v) is 6.97. The van der Waals surface area contributed by atoms with Gasteiger partial charge < -0.3 is 14.2 Å². The molecule has 0 saturated carbocycles. The highest BCUT2D eigenvalue weighted by Crippen LogP contribution is 2.29. The van der Waals surface area contributed by atoms with E-state index in [-0.39, 0.29) is 24.0 Å². The van der Waals surface area contributed by atoms with Gasteiger partial charge in [-0.25, -0.2) is 0 Å². The molecule has 0 radical (unpaired) electrons. The smallest absolute Gasteiger partial charge is 0.416 e. The Bertz CT molecular complexity index is 920. The fraction of sp³-hybridized carbons (Fsp3) is 0.400. The Morgan fingerprint density at radius 1 is 1.21 bits per heavy atom. The van der Waals surface area contributed by atoms with E-state index in [0.29, 0.717) is 30.8 Å². The molecule has 1 aromatic heterocycles. The lowest BCUT2D eigenvalue weighted by atomic mass is 10.1. The zero-order valence-corrected chi connectivity index (χ0v) is 15.6. The minimum atomic E-state index is -4.39. The number of pyridine rings is 1. The lowest BCUT2D eigenvalue weighted by Gasteiger charge is -2.18. The van der Waals surface area contributed by atoms with Crippen molar-refractivity contribution in [1.82, 2.24) is 9.47 Å². The van der Waals surface area contributed by atoms with Gasteiger partial charge in [0.2, 0.25) is 5.91 Å². The standard InChI is InChI=1S/C20H21F3N2O3/c1-13-9-17(11-18(26)24(13)2)28-16-7-8-25(12-16)19(27)10-14-3-5-15(6-4-14)20(21,22)23/h3-6,9,11,16H,7-8,10,12H2,1-2H3. The normalized spacial score (nSPS) is 17.0. The van der Waals surface area contributed by atoms with Gasteiger partial charge >= 0.3 is 6.18 Å². The molecule has 1 aliphatic heterocycles. The number of carbonyl (C=O) groups excluding carboxylic acids is 1. The van der Waals surface area contributed by atoms with Crippen LogP contribution in [-0.2, 0) is 24.4 Å². The number of halogens is 3. The van der Waals surface area contributed by atoms with E-state index >= 15 is 0 Å². The lowest BCUT2D eigenvalue weighted by Crippen LogP contribution is -2.32. The summed E-state index contributed by atoms with van der Waals surface area (Å²) >= 11 is 0. The number of likely N-dealkylation sites (tertiary alicyclic amines) is 1. The summed E-state index contributed by atoms with van der Waals surface area (Å²) in [6.45, 7) is 2.70. The van der Waals surface area contributed by atoms with Crippen molar-refractivity contribution < 1.29 is 22.7 Å². The van der Waals surface area contributed by atoms with Crippen molar-refractivity contribution in [2.24, 2.45) is 7.05 Å². The molecule has 0 bridgehead atoms. The fourth-order valence-electron chi connectivity index (χ4n) is 3.15. The van der Waals surface area contributed by atoms with Crippen LogP contribution in [0, 0.1) is 6.92 Å². The van der Waals surface area contributed by atoms with E-state index in [1.807, 2.05) is 6.92 Å². The number of benzene rings is 1. The molecule has 0 N–H and O–H groups in total. The van der Waals surface area contributed by atoms with E-state index in [2.05, 4.69) is 0 Å². The highest BCUT2D eigenvalue weighted by atomic mass is 19.4. The Balaban J connectivity index is 1.57. The van der Waals surface area contributed by atoms with Gasteiger partial charge in [0.1, 0.15) is 11.9 Å². The fourth-order valence-corrected chi connectivity index (χ4v) is 3.15. The van der Waals surface area contributed by atoms with Crippen molar-refractivity contribution in [3.05, 3.63) is 63.6 Å². The van der Waals surface area contributed by atoms with Gasteiger partial charge in [-0.05, 0) is 30.7 Å². The topological polar surface area (TPSA) is 51.5 Å². The summed E-state index contributed by atoms with van der Waals surface area (Å²) in [5.41, 5.74) is 0.408. The summed E-state index contributed by atoms with van der Waals surface area (Å²) in [5.74, 6) is 0.314. The monoisotopic (exact) mass is 394 g/mol. The summed E-state index contributed by atoms with van der Waals surface area (Å²) in [7, 11) is 1.68. The van der Waals surface area contributed by atoms with Gasteiger partial charge in [-0.1, -0.05) is 12.1 Å². The van der Waals surface area contributed by atoms with Gasteiger partial charge in [0.15, 0.2) is 0 Å². The Morgan fingerprint density at radius 3 is 2.50 bits per heavy atom.